The van der Waals surface area contributed by atoms with Crippen molar-refractivity contribution < 1.29 is 4.79 Å². The molecule has 1 heteroatoms. The van der Waals surface area contributed by atoms with Gasteiger partial charge in [0.1, 0.15) is 0 Å². The van der Waals surface area contributed by atoms with Crippen LogP contribution in [-0.2, 0) is 6.42 Å². The van der Waals surface area contributed by atoms with Crippen LogP contribution in [0, 0.1) is 11.8 Å². The molecule has 1 aliphatic rings. The van der Waals surface area contributed by atoms with Gasteiger partial charge in [0, 0.05) is 11.5 Å². The van der Waals surface area contributed by atoms with Crippen LogP contribution in [0.4, 0.5) is 0 Å². The zero-order valence-corrected chi connectivity index (χ0v) is 10.9. The standard InChI is InChI=1S/C16H22O/c1-3-13-6-4-5-7-15(13)16(17)14-10-8-12(2)9-11-14/h4-7,12,14H,3,8-11H2,1-2H3. The van der Waals surface area contributed by atoms with Crippen LogP contribution in [0.1, 0.15) is 55.5 Å². The zero-order valence-electron chi connectivity index (χ0n) is 10.9. The van der Waals surface area contributed by atoms with Gasteiger partial charge in [-0.15, -0.1) is 0 Å². The third-order valence-electron chi connectivity index (χ3n) is 4.05. The normalized spacial score (nSPS) is 24.6. The van der Waals surface area contributed by atoms with Crippen molar-refractivity contribution in [3.63, 3.8) is 0 Å². The summed E-state index contributed by atoms with van der Waals surface area (Å²) in [6, 6.07) is 8.09. The van der Waals surface area contributed by atoms with Crippen LogP contribution in [0.15, 0.2) is 24.3 Å². The largest absolute Gasteiger partial charge is 0.294 e. The van der Waals surface area contributed by atoms with Gasteiger partial charge in [0.15, 0.2) is 5.78 Å². The SMILES string of the molecule is CCc1ccccc1C(=O)C1CCC(C)CC1. The second kappa shape index (κ2) is 5.48. The Morgan fingerprint density at radius 3 is 2.47 bits per heavy atom. The molecule has 0 spiro atoms. The molecule has 1 nitrogen and oxygen atoms in total. The van der Waals surface area contributed by atoms with Crippen molar-refractivity contribution in [2.75, 3.05) is 0 Å². The summed E-state index contributed by atoms with van der Waals surface area (Å²) in [6.45, 7) is 4.41. The van der Waals surface area contributed by atoms with Gasteiger partial charge in [-0.05, 0) is 30.7 Å². The van der Waals surface area contributed by atoms with Gasteiger partial charge in [0.05, 0.1) is 0 Å². The molecule has 1 aromatic rings. The van der Waals surface area contributed by atoms with Crippen LogP contribution in [0.3, 0.4) is 0 Å². The molecule has 0 heterocycles. The van der Waals surface area contributed by atoms with E-state index < -0.39 is 0 Å². The third-order valence-corrected chi connectivity index (χ3v) is 4.05. The van der Waals surface area contributed by atoms with Crippen LogP contribution < -0.4 is 0 Å². The summed E-state index contributed by atoms with van der Waals surface area (Å²) in [7, 11) is 0. The molecule has 0 unspecified atom stereocenters. The van der Waals surface area contributed by atoms with E-state index in [1.54, 1.807) is 0 Å². The quantitative estimate of drug-likeness (QED) is 0.709. The molecule has 1 saturated carbocycles. The molecule has 0 aromatic heterocycles. The first-order chi connectivity index (χ1) is 8.22. The Morgan fingerprint density at radius 1 is 1.18 bits per heavy atom. The monoisotopic (exact) mass is 230 g/mol. The van der Waals surface area contributed by atoms with Gasteiger partial charge in [0.2, 0.25) is 0 Å². The number of carbonyl (C=O) groups excluding carboxylic acids is 1. The molecule has 0 radical (unpaired) electrons. The summed E-state index contributed by atoms with van der Waals surface area (Å²) in [5.74, 6) is 1.47. The molecule has 17 heavy (non-hydrogen) atoms. The van der Waals surface area contributed by atoms with Gasteiger partial charge in [-0.3, -0.25) is 4.79 Å². The topological polar surface area (TPSA) is 17.1 Å². The second-order valence-corrected chi connectivity index (χ2v) is 5.33. The highest BCUT2D eigenvalue weighted by Gasteiger charge is 2.25. The summed E-state index contributed by atoms with van der Waals surface area (Å²) >= 11 is 0. The highest BCUT2D eigenvalue weighted by atomic mass is 16.1. The zero-order chi connectivity index (χ0) is 12.3. The molecule has 1 fully saturated rings. The summed E-state index contributed by atoms with van der Waals surface area (Å²) in [6.07, 6.45) is 5.54. The minimum atomic E-state index is 0.277. The number of hydrogen-bond acceptors (Lipinski definition) is 1. The van der Waals surface area contributed by atoms with Crippen LogP contribution >= 0.6 is 0 Å². The molecule has 1 aliphatic carbocycles. The van der Waals surface area contributed by atoms with Crippen LogP contribution in [-0.4, -0.2) is 5.78 Å². The lowest BCUT2D eigenvalue weighted by molar-refractivity contribution is 0.0875. The summed E-state index contributed by atoms with van der Waals surface area (Å²) < 4.78 is 0. The molecule has 0 N–H and O–H groups in total. The van der Waals surface area contributed by atoms with Crippen molar-refractivity contribution in [1.29, 1.82) is 0 Å². The maximum atomic E-state index is 12.5. The average Bonchev–Trinajstić information content (AvgIpc) is 2.39. The van der Waals surface area contributed by atoms with Gasteiger partial charge in [-0.1, -0.05) is 51.0 Å². The number of benzene rings is 1. The molecule has 1 aromatic carbocycles. The average molecular weight is 230 g/mol. The fourth-order valence-electron chi connectivity index (χ4n) is 2.81. The smallest absolute Gasteiger partial charge is 0.166 e. The van der Waals surface area contributed by atoms with E-state index in [1.165, 1.54) is 18.4 Å². The Morgan fingerprint density at radius 2 is 1.82 bits per heavy atom. The van der Waals surface area contributed by atoms with E-state index >= 15 is 0 Å². The lowest BCUT2D eigenvalue weighted by Crippen LogP contribution is -2.21. The maximum absolute atomic E-state index is 12.5. The summed E-state index contributed by atoms with van der Waals surface area (Å²) in [5, 5.41) is 0. The molecule has 2 rings (SSSR count). The lowest BCUT2D eigenvalue weighted by Gasteiger charge is -2.25. The number of aryl methyl sites for hydroxylation is 1. The number of Topliss-reactive ketones (excluding diaryl/α,β-unsaturated/α-hetero) is 1. The van der Waals surface area contributed by atoms with E-state index in [2.05, 4.69) is 19.9 Å². The lowest BCUT2D eigenvalue weighted by atomic mass is 9.78. The first-order valence-electron chi connectivity index (χ1n) is 6.84. The fourth-order valence-corrected chi connectivity index (χ4v) is 2.81. The molecule has 0 bridgehead atoms. The minimum Gasteiger partial charge on any atom is -0.294 e. The Balaban J connectivity index is 2.14. The van der Waals surface area contributed by atoms with E-state index in [4.69, 9.17) is 0 Å². The minimum absolute atomic E-state index is 0.277. The van der Waals surface area contributed by atoms with Crippen molar-refractivity contribution in [3.8, 4) is 0 Å². The summed E-state index contributed by atoms with van der Waals surface area (Å²) in [5.41, 5.74) is 2.17. The Hall–Kier alpha value is -1.11. The maximum Gasteiger partial charge on any atom is 0.166 e. The molecular formula is C16H22O. The Labute approximate surface area is 104 Å². The molecular weight excluding hydrogens is 208 g/mol. The molecule has 0 atom stereocenters. The Bertz CT molecular complexity index is 386. The van der Waals surface area contributed by atoms with Crippen molar-refractivity contribution in [2.45, 2.75) is 46.0 Å². The highest BCUT2D eigenvalue weighted by molar-refractivity contribution is 5.99. The molecule has 0 amide bonds. The van der Waals surface area contributed by atoms with Crippen molar-refractivity contribution in [1.82, 2.24) is 0 Å². The van der Waals surface area contributed by atoms with Crippen molar-refractivity contribution >= 4 is 5.78 Å². The number of ketones is 1. The van der Waals surface area contributed by atoms with E-state index in [0.717, 1.165) is 30.7 Å². The van der Waals surface area contributed by atoms with Gasteiger partial charge < -0.3 is 0 Å². The fraction of sp³-hybridized carbons (Fsp3) is 0.562. The molecule has 0 saturated heterocycles. The summed E-state index contributed by atoms with van der Waals surface area (Å²) in [4.78, 5) is 12.5. The van der Waals surface area contributed by atoms with E-state index in [0.29, 0.717) is 5.78 Å². The Kier molecular flexibility index (Phi) is 3.98. The number of rotatable bonds is 3. The van der Waals surface area contributed by atoms with Crippen molar-refractivity contribution in [3.05, 3.63) is 35.4 Å². The number of hydrogen-bond donors (Lipinski definition) is 0. The number of carbonyl (C=O) groups is 1. The third kappa shape index (κ3) is 2.77. The van der Waals surface area contributed by atoms with Crippen molar-refractivity contribution in [2.24, 2.45) is 11.8 Å². The molecule has 92 valence electrons. The predicted molar refractivity (Wildman–Crippen MR) is 71.3 cm³/mol. The van der Waals surface area contributed by atoms with Crippen LogP contribution in [0.25, 0.3) is 0 Å². The first kappa shape index (κ1) is 12.3. The van der Waals surface area contributed by atoms with Gasteiger partial charge in [-0.25, -0.2) is 0 Å². The van der Waals surface area contributed by atoms with Crippen LogP contribution in [0.2, 0.25) is 0 Å². The second-order valence-electron chi connectivity index (χ2n) is 5.33. The van der Waals surface area contributed by atoms with E-state index in [-0.39, 0.29) is 5.92 Å². The predicted octanol–water partition coefficient (Wildman–Crippen LogP) is 4.26. The van der Waals surface area contributed by atoms with Gasteiger partial charge in [0.25, 0.3) is 0 Å². The molecule has 0 aliphatic heterocycles. The van der Waals surface area contributed by atoms with E-state index in [1.807, 2.05) is 18.2 Å². The van der Waals surface area contributed by atoms with Gasteiger partial charge in [-0.2, -0.15) is 0 Å². The highest BCUT2D eigenvalue weighted by Crippen LogP contribution is 2.31. The van der Waals surface area contributed by atoms with Gasteiger partial charge >= 0.3 is 0 Å². The van der Waals surface area contributed by atoms with E-state index in [9.17, 15) is 4.79 Å². The first-order valence-corrected chi connectivity index (χ1v) is 6.84. The van der Waals surface area contributed by atoms with Crippen LogP contribution in [0.5, 0.6) is 0 Å².